The minimum Gasteiger partial charge on any atom is -0.495 e. The van der Waals surface area contributed by atoms with Crippen LogP contribution in [0.2, 0.25) is 5.02 Å². The van der Waals surface area contributed by atoms with Crippen molar-refractivity contribution in [2.75, 3.05) is 12.4 Å². The molecule has 1 N–H and O–H groups in total. The zero-order valence-corrected chi connectivity index (χ0v) is 13.3. The summed E-state index contributed by atoms with van der Waals surface area (Å²) >= 11 is 6.06. The number of amides is 1. The lowest BCUT2D eigenvalue weighted by molar-refractivity contribution is 0.102. The number of hydrogen-bond acceptors (Lipinski definition) is 2. The Balaban J connectivity index is 2.26. The summed E-state index contributed by atoms with van der Waals surface area (Å²) in [4.78, 5) is 12.4. The van der Waals surface area contributed by atoms with Crippen LogP contribution < -0.4 is 10.1 Å². The van der Waals surface area contributed by atoms with Crippen molar-refractivity contribution < 1.29 is 9.53 Å². The Morgan fingerprint density at radius 3 is 2.33 bits per heavy atom. The van der Waals surface area contributed by atoms with Gasteiger partial charge >= 0.3 is 0 Å². The molecule has 1 amide bonds. The van der Waals surface area contributed by atoms with Crippen LogP contribution in [0.1, 0.15) is 27.0 Å². The van der Waals surface area contributed by atoms with Gasteiger partial charge in [-0.25, -0.2) is 0 Å². The number of ether oxygens (including phenoxy) is 1. The van der Waals surface area contributed by atoms with E-state index in [4.69, 9.17) is 16.3 Å². The Bertz CT molecular complexity index is 695. The van der Waals surface area contributed by atoms with Gasteiger partial charge in [0.25, 0.3) is 5.91 Å². The van der Waals surface area contributed by atoms with E-state index in [0.717, 1.165) is 11.1 Å². The molecule has 0 bridgehead atoms. The third-order valence-electron chi connectivity index (χ3n) is 3.49. The van der Waals surface area contributed by atoms with Gasteiger partial charge < -0.3 is 10.1 Å². The Hall–Kier alpha value is -2.00. The molecule has 2 rings (SSSR count). The quantitative estimate of drug-likeness (QED) is 0.905. The number of methoxy groups -OCH3 is 1. The lowest BCUT2D eigenvalue weighted by Gasteiger charge is -2.11. The van der Waals surface area contributed by atoms with Crippen LogP contribution in [0.5, 0.6) is 5.75 Å². The molecule has 110 valence electrons. The van der Waals surface area contributed by atoms with E-state index < -0.39 is 0 Å². The SMILES string of the molecule is COc1ccc(NC(=O)c2cc(C)c(C)cc2C)cc1Cl. The number of aryl methyl sites for hydroxylation is 3. The van der Waals surface area contributed by atoms with Gasteiger partial charge in [-0.1, -0.05) is 17.7 Å². The molecule has 4 heteroatoms. The molecule has 0 aliphatic rings. The number of rotatable bonds is 3. The Morgan fingerprint density at radius 1 is 1.05 bits per heavy atom. The van der Waals surface area contributed by atoms with E-state index in [1.165, 1.54) is 5.56 Å². The summed E-state index contributed by atoms with van der Waals surface area (Å²) < 4.78 is 5.09. The van der Waals surface area contributed by atoms with Crippen molar-refractivity contribution in [3.05, 3.63) is 57.6 Å². The topological polar surface area (TPSA) is 38.3 Å². The highest BCUT2D eigenvalue weighted by Crippen LogP contribution is 2.27. The molecule has 0 spiro atoms. The largest absolute Gasteiger partial charge is 0.495 e. The molecule has 0 saturated heterocycles. The van der Waals surface area contributed by atoms with Gasteiger partial charge in [-0.3, -0.25) is 4.79 Å². The van der Waals surface area contributed by atoms with Crippen LogP contribution in [-0.2, 0) is 0 Å². The molecule has 21 heavy (non-hydrogen) atoms. The summed E-state index contributed by atoms with van der Waals surface area (Å²) in [6.45, 7) is 5.96. The number of benzene rings is 2. The monoisotopic (exact) mass is 303 g/mol. The van der Waals surface area contributed by atoms with Gasteiger partial charge in [0, 0.05) is 11.3 Å². The van der Waals surface area contributed by atoms with Gasteiger partial charge in [0.15, 0.2) is 0 Å². The van der Waals surface area contributed by atoms with Crippen LogP contribution in [0.3, 0.4) is 0 Å². The van der Waals surface area contributed by atoms with Gasteiger partial charge in [0.1, 0.15) is 5.75 Å². The maximum Gasteiger partial charge on any atom is 0.255 e. The van der Waals surface area contributed by atoms with E-state index in [1.807, 2.05) is 32.9 Å². The van der Waals surface area contributed by atoms with Gasteiger partial charge in [0.05, 0.1) is 12.1 Å². The van der Waals surface area contributed by atoms with Gasteiger partial charge in [-0.15, -0.1) is 0 Å². The Labute approximate surface area is 129 Å². The molecular formula is C17H18ClNO2. The first-order valence-corrected chi connectivity index (χ1v) is 7.03. The Kier molecular flexibility index (Phi) is 4.53. The highest BCUT2D eigenvalue weighted by atomic mass is 35.5. The lowest BCUT2D eigenvalue weighted by Crippen LogP contribution is -2.14. The molecule has 0 radical (unpaired) electrons. The van der Waals surface area contributed by atoms with Crippen LogP contribution in [0.25, 0.3) is 0 Å². The zero-order valence-electron chi connectivity index (χ0n) is 12.6. The van der Waals surface area contributed by atoms with Crippen molar-refractivity contribution in [1.82, 2.24) is 0 Å². The first-order valence-electron chi connectivity index (χ1n) is 6.65. The zero-order chi connectivity index (χ0) is 15.6. The molecule has 2 aromatic rings. The van der Waals surface area contributed by atoms with Gasteiger partial charge in [0.2, 0.25) is 0 Å². The molecule has 0 atom stereocenters. The maximum atomic E-state index is 12.4. The number of carbonyl (C=O) groups excluding carboxylic acids is 1. The fourth-order valence-corrected chi connectivity index (χ4v) is 2.41. The van der Waals surface area contributed by atoms with Crippen LogP contribution >= 0.6 is 11.6 Å². The number of halogens is 1. The molecule has 2 aromatic carbocycles. The second-order valence-corrected chi connectivity index (χ2v) is 5.46. The smallest absolute Gasteiger partial charge is 0.255 e. The first-order chi connectivity index (χ1) is 9.92. The van der Waals surface area contributed by atoms with Crippen molar-refractivity contribution >= 4 is 23.2 Å². The minimum atomic E-state index is -0.142. The van der Waals surface area contributed by atoms with Crippen molar-refractivity contribution in [2.24, 2.45) is 0 Å². The summed E-state index contributed by atoms with van der Waals surface area (Å²) in [5.74, 6) is 0.439. The fraction of sp³-hybridized carbons (Fsp3) is 0.235. The predicted molar refractivity (Wildman–Crippen MR) is 86.6 cm³/mol. The predicted octanol–water partition coefficient (Wildman–Crippen LogP) is 4.53. The normalized spacial score (nSPS) is 10.3. The third kappa shape index (κ3) is 3.37. The van der Waals surface area contributed by atoms with Gasteiger partial charge in [-0.05, 0) is 61.7 Å². The van der Waals surface area contributed by atoms with Crippen LogP contribution in [-0.4, -0.2) is 13.0 Å². The highest BCUT2D eigenvalue weighted by Gasteiger charge is 2.12. The minimum absolute atomic E-state index is 0.142. The third-order valence-corrected chi connectivity index (χ3v) is 3.79. The van der Waals surface area contributed by atoms with Crippen LogP contribution in [0.15, 0.2) is 30.3 Å². The molecule has 0 aliphatic heterocycles. The molecular weight excluding hydrogens is 286 g/mol. The van der Waals surface area contributed by atoms with Crippen LogP contribution in [0.4, 0.5) is 5.69 Å². The molecule has 0 heterocycles. The van der Waals surface area contributed by atoms with E-state index in [0.29, 0.717) is 22.0 Å². The molecule has 0 unspecified atom stereocenters. The standard InChI is InChI=1S/C17H18ClNO2/c1-10-7-12(3)14(8-11(10)2)17(20)19-13-5-6-16(21-4)15(18)9-13/h5-9H,1-4H3,(H,19,20). The second kappa shape index (κ2) is 6.19. The summed E-state index contributed by atoms with van der Waals surface area (Å²) in [5, 5.41) is 3.32. The lowest BCUT2D eigenvalue weighted by atomic mass is 10.0. The number of anilines is 1. The fourth-order valence-electron chi connectivity index (χ4n) is 2.15. The molecule has 3 nitrogen and oxygen atoms in total. The first kappa shape index (κ1) is 15.4. The molecule has 0 fully saturated rings. The molecule has 0 aromatic heterocycles. The van der Waals surface area contributed by atoms with Crippen molar-refractivity contribution in [2.45, 2.75) is 20.8 Å². The van der Waals surface area contributed by atoms with E-state index >= 15 is 0 Å². The average Bonchev–Trinajstić information content (AvgIpc) is 2.43. The maximum absolute atomic E-state index is 12.4. The van der Waals surface area contributed by atoms with Crippen molar-refractivity contribution in [3.8, 4) is 5.75 Å². The number of nitrogens with one attached hydrogen (secondary N) is 1. The summed E-state index contributed by atoms with van der Waals surface area (Å²) in [5.41, 5.74) is 4.54. The summed E-state index contributed by atoms with van der Waals surface area (Å²) in [7, 11) is 1.55. The van der Waals surface area contributed by atoms with Crippen LogP contribution in [0, 0.1) is 20.8 Å². The summed E-state index contributed by atoms with van der Waals surface area (Å²) in [6.07, 6.45) is 0. The highest BCUT2D eigenvalue weighted by molar-refractivity contribution is 6.32. The van der Waals surface area contributed by atoms with E-state index in [2.05, 4.69) is 5.32 Å². The Morgan fingerprint density at radius 2 is 1.71 bits per heavy atom. The van der Waals surface area contributed by atoms with Gasteiger partial charge in [-0.2, -0.15) is 0 Å². The number of hydrogen-bond donors (Lipinski definition) is 1. The molecule has 0 saturated carbocycles. The number of carbonyl (C=O) groups is 1. The summed E-state index contributed by atoms with van der Waals surface area (Å²) in [6, 6.07) is 9.09. The van der Waals surface area contributed by atoms with E-state index in [-0.39, 0.29) is 5.91 Å². The van der Waals surface area contributed by atoms with Crippen molar-refractivity contribution in [1.29, 1.82) is 0 Å². The van der Waals surface area contributed by atoms with Crippen molar-refractivity contribution in [3.63, 3.8) is 0 Å². The molecule has 0 aliphatic carbocycles. The second-order valence-electron chi connectivity index (χ2n) is 5.05. The average molecular weight is 304 g/mol. The van der Waals surface area contributed by atoms with E-state index in [9.17, 15) is 4.79 Å². The van der Waals surface area contributed by atoms with E-state index in [1.54, 1.807) is 25.3 Å².